The molecule has 0 saturated carbocycles. The maximum Gasteiger partial charge on any atom is 0.327 e. The summed E-state index contributed by atoms with van der Waals surface area (Å²) in [5.74, 6) is 0.248. The molecule has 1 fully saturated rings. The summed E-state index contributed by atoms with van der Waals surface area (Å²) in [5, 5.41) is 0. The van der Waals surface area contributed by atoms with E-state index >= 15 is 0 Å². The molecule has 98 valence electrons. The van der Waals surface area contributed by atoms with E-state index in [2.05, 4.69) is 4.98 Å². The number of rotatable bonds is 1. The number of aromatic nitrogens is 2. The van der Waals surface area contributed by atoms with Crippen LogP contribution in [-0.4, -0.2) is 29.5 Å². The Morgan fingerprint density at radius 3 is 2.78 bits per heavy atom. The van der Waals surface area contributed by atoms with Crippen LogP contribution in [0.15, 0.2) is 4.79 Å². The van der Waals surface area contributed by atoms with Gasteiger partial charge in [-0.2, -0.15) is 0 Å². The highest BCUT2D eigenvalue weighted by molar-refractivity contribution is 7.91. The van der Waals surface area contributed by atoms with Crippen molar-refractivity contribution in [1.29, 1.82) is 0 Å². The lowest BCUT2D eigenvalue weighted by Crippen LogP contribution is -2.31. The predicted octanol–water partition coefficient (Wildman–Crippen LogP) is 0.754. The van der Waals surface area contributed by atoms with E-state index in [1.165, 1.54) is 0 Å². The number of hydrogen-bond acceptors (Lipinski definition) is 4. The molecule has 1 saturated heterocycles. The lowest BCUT2D eigenvalue weighted by molar-refractivity contribution is 0.507. The fourth-order valence-corrected chi connectivity index (χ4v) is 4.97. The van der Waals surface area contributed by atoms with E-state index in [0.29, 0.717) is 11.1 Å². The number of hydrogen-bond donors (Lipinski definition) is 1. The van der Waals surface area contributed by atoms with Gasteiger partial charge in [0.15, 0.2) is 9.84 Å². The van der Waals surface area contributed by atoms with Crippen LogP contribution >= 0.6 is 12.2 Å². The molecule has 7 heteroatoms. The van der Waals surface area contributed by atoms with Crippen molar-refractivity contribution in [1.82, 2.24) is 9.55 Å². The van der Waals surface area contributed by atoms with Crippen molar-refractivity contribution < 1.29 is 8.42 Å². The average molecular weight is 286 g/mol. The van der Waals surface area contributed by atoms with Gasteiger partial charge >= 0.3 is 5.69 Å². The summed E-state index contributed by atoms with van der Waals surface area (Å²) in [4.78, 5) is 14.7. The zero-order chi connectivity index (χ0) is 12.9. The lowest BCUT2D eigenvalue weighted by Gasteiger charge is -2.17. The zero-order valence-electron chi connectivity index (χ0n) is 9.81. The third-order valence-corrected chi connectivity index (χ3v) is 5.87. The second-order valence-electron chi connectivity index (χ2n) is 4.96. The van der Waals surface area contributed by atoms with Crippen molar-refractivity contribution in [2.75, 3.05) is 11.5 Å². The van der Waals surface area contributed by atoms with Gasteiger partial charge in [0.2, 0.25) is 0 Å². The molecule has 1 N–H and O–H groups in total. The van der Waals surface area contributed by atoms with Crippen molar-refractivity contribution in [3.63, 3.8) is 0 Å². The van der Waals surface area contributed by atoms with Crippen LogP contribution in [0.4, 0.5) is 0 Å². The molecule has 0 spiro atoms. The summed E-state index contributed by atoms with van der Waals surface area (Å²) >= 11 is 5.16. The van der Waals surface area contributed by atoms with Crippen LogP contribution in [-0.2, 0) is 22.7 Å². The van der Waals surface area contributed by atoms with Crippen LogP contribution < -0.4 is 5.69 Å². The molecule has 1 aromatic rings. The normalized spacial score (nSPS) is 25.2. The van der Waals surface area contributed by atoms with Crippen molar-refractivity contribution in [3.05, 3.63) is 26.4 Å². The van der Waals surface area contributed by atoms with Crippen LogP contribution in [0.1, 0.15) is 30.1 Å². The molecule has 0 aromatic carbocycles. The molecule has 3 rings (SSSR count). The molecule has 0 unspecified atom stereocenters. The van der Waals surface area contributed by atoms with Gasteiger partial charge in [0.25, 0.3) is 0 Å². The lowest BCUT2D eigenvalue weighted by atomic mass is 10.2. The molecule has 1 atom stereocenters. The molecule has 2 heterocycles. The summed E-state index contributed by atoms with van der Waals surface area (Å²) < 4.78 is 25.3. The largest absolute Gasteiger partial charge is 0.327 e. The van der Waals surface area contributed by atoms with Gasteiger partial charge in [0.05, 0.1) is 17.5 Å². The molecule has 0 bridgehead atoms. The number of nitrogens with one attached hydrogen (secondary N) is 1. The van der Waals surface area contributed by atoms with Gasteiger partial charge < -0.3 is 0 Å². The van der Waals surface area contributed by atoms with Gasteiger partial charge in [-0.15, -0.1) is 0 Å². The van der Waals surface area contributed by atoms with Gasteiger partial charge in [0.1, 0.15) is 4.64 Å². The van der Waals surface area contributed by atoms with E-state index in [1.807, 2.05) is 0 Å². The smallest absolute Gasteiger partial charge is 0.298 e. The van der Waals surface area contributed by atoms with Crippen molar-refractivity contribution in [2.45, 2.75) is 31.7 Å². The topological polar surface area (TPSA) is 71.9 Å². The van der Waals surface area contributed by atoms with Gasteiger partial charge in [-0.05, 0) is 25.7 Å². The first kappa shape index (κ1) is 12.1. The molecular weight excluding hydrogens is 272 g/mol. The summed E-state index contributed by atoms with van der Waals surface area (Å²) in [6.07, 6.45) is 3.21. The third-order valence-electron chi connectivity index (χ3n) is 3.77. The summed E-state index contributed by atoms with van der Waals surface area (Å²) in [7, 11) is -2.99. The third kappa shape index (κ3) is 1.85. The monoisotopic (exact) mass is 286 g/mol. The minimum atomic E-state index is -2.99. The second kappa shape index (κ2) is 4.03. The first-order chi connectivity index (χ1) is 8.48. The van der Waals surface area contributed by atoms with Gasteiger partial charge in [0, 0.05) is 11.3 Å². The number of H-pyrrole nitrogens is 1. The van der Waals surface area contributed by atoms with E-state index in [1.54, 1.807) is 4.57 Å². The van der Waals surface area contributed by atoms with E-state index in [0.717, 1.165) is 30.5 Å². The van der Waals surface area contributed by atoms with E-state index in [4.69, 9.17) is 12.2 Å². The maximum absolute atomic E-state index is 12.0. The number of nitrogens with zero attached hydrogens (tertiary/aromatic N) is 1. The molecule has 1 aliphatic carbocycles. The van der Waals surface area contributed by atoms with Gasteiger partial charge in [-0.25, -0.2) is 13.2 Å². The van der Waals surface area contributed by atoms with Gasteiger partial charge in [-0.1, -0.05) is 12.2 Å². The Bertz CT molecular complexity index is 715. The molecule has 1 aliphatic heterocycles. The van der Waals surface area contributed by atoms with E-state index in [-0.39, 0.29) is 23.2 Å². The molecule has 5 nitrogen and oxygen atoms in total. The predicted molar refractivity (Wildman–Crippen MR) is 70.2 cm³/mol. The highest BCUT2D eigenvalue weighted by Gasteiger charge is 2.32. The Morgan fingerprint density at radius 1 is 1.33 bits per heavy atom. The highest BCUT2D eigenvalue weighted by Crippen LogP contribution is 2.28. The molecule has 1 aromatic heterocycles. The Morgan fingerprint density at radius 2 is 2.11 bits per heavy atom. The quantitative estimate of drug-likeness (QED) is 0.773. The Kier molecular flexibility index (Phi) is 2.71. The van der Waals surface area contributed by atoms with Gasteiger partial charge in [-0.3, -0.25) is 9.55 Å². The minimum Gasteiger partial charge on any atom is -0.298 e. The van der Waals surface area contributed by atoms with Crippen LogP contribution in [0.5, 0.6) is 0 Å². The van der Waals surface area contributed by atoms with E-state index < -0.39 is 9.84 Å². The fourth-order valence-electron chi connectivity index (χ4n) is 2.96. The molecule has 0 amide bonds. The van der Waals surface area contributed by atoms with E-state index in [9.17, 15) is 13.2 Å². The Hall–Kier alpha value is -0.950. The standard InChI is InChI=1S/C11H14N2O3S2/c14-11-12-10(17)8-2-1-3-9(8)13(11)7-4-5-18(15,16)6-7/h7H,1-6H2,(H,12,14,17)/t7-/m1/s1. The number of fused-ring (bicyclic) bond motifs is 1. The van der Waals surface area contributed by atoms with Crippen LogP contribution in [0.3, 0.4) is 0 Å². The van der Waals surface area contributed by atoms with Crippen molar-refractivity contribution in [3.8, 4) is 0 Å². The summed E-state index contributed by atoms with van der Waals surface area (Å²) in [5.41, 5.74) is 1.71. The number of aromatic amines is 1. The van der Waals surface area contributed by atoms with Crippen molar-refractivity contribution >= 4 is 22.1 Å². The molecule has 18 heavy (non-hydrogen) atoms. The zero-order valence-corrected chi connectivity index (χ0v) is 11.4. The fraction of sp³-hybridized carbons (Fsp3) is 0.636. The summed E-state index contributed by atoms with van der Waals surface area (Å²) in [6, 6.07) is -0.221. The Balaban J connectivity index is 2.17. The highest BCUT2D eigenvalue weighted by atomic mass is 32.2. The Labute approximate surface area is 110 Å². The van der Waals surface area contributed by atoms with Crippen LogP contribution in [0.2, 0.25) is 0 Å². The molecule has 0 radical (unpaired) electrons. The molecular formula is C11H14N2O3S2. The maximum atomic E-state index is 12.0. The molecule has 2 aliphatic rings. The summed E-state index contributed by atoms with van der Waals surface area (Å²) in [6.45, 7) is 0. The minimum absolute atomic E-state index is 0.0734. The average Bonchev–Trinajstić information content (AvgIpc) is 2.85. The van der Waals surface area contributed by atoms with Crippen LogP contribution in [0.25, 0.3) is 0 Å². The first-order valence-electron chi connectivity index (χ1n) is 6.05. The van der Waals surface area contributed by atoms with Crippen LogP contribution in [0, 0.1) is 4.64 Å². The number of sulfone groups is 1. The second-order valence-corrected chi connectivity index (χ2v) is 7.60. The first-order valence-corrected chi connectivity index (χ1v) is 8.28. The SMILES string of the molecule is O=c1[nH]c(=S)c2c(n1[C@@H]1CCS(=O)(=O)C1)CCC2. The van der Waals surface area contributed by atoms with Crippen molar-refractivity contribution in [2.24, 2.45) is 0 Å².